The molecule has 0 saturated heterocycles. The number of carbonyl (C=O) groups is 1. The van der Waals surface area contributed by atoms with Crippen LogP contribution in [0.5, 0.6) is 11.5 Å². The number of benzene rings is 3. The van der Waals surface area contributed by atoms with Crippen LogP contribution >= 0.6 is 0 Å². The number of amides is 1. The number of methoxy groups -OCH3 is 2. The van der Waals surface area contributed by atoms with Gasteiger partial charge >= 0.3 is 0 Å². The molecule has 3 rings (SSSR count). The first kappa shape index (κ1) is 17.5. The number of hydrogen-bond donors (Lipinski definition) is 1. The Bertz CT molecular complexity index is 874. The predicted octanol–water partition coefficient (Wildman–Crippen LogP) is 4.55. The topological polar surface area (TPSA) is 47.6 Å². The zero-order valence-electron chi connectivity index (χ0n) is 14.9. The van der Waals surface area contributed by atoms with Crippen molar-refractivity contribution in [3.8, 4) is 22.6 Å². The molecule has 1 amide bonds. The van der Waals surface area contributed by atoms with Gasteiger partial charge in [0, 0.05) is 11.3 Å². The molecule has 0 heterocycles. The van der Waals surface area contributed by atoms with Gasteiger partial charge in [-0.2, -0.15) is 0 Å². The minimum Gasteiger partial charge on any atom is -0.497 e. The zero-order valence-corrected chi connectivity index (χ0v) is 14.9. The first-order valence-electron chi connectivity index (χ1n) is 8.36. The van der Waals surface area contributed by atoms with Gasteiger partial charge in [-0.3, -0.25) is 4.79 Å². The second-order valence-electron chi connectivity index (χ2n) is 5.85. The quantitative estimate of drug-likeness (QED) is 0.711. The van der Waals surface area contributed by atoms with Crippen molar-refractivity contribution >= 4 is 11.6 Å². The average molecular weight is 347 g/mol. The first-order chi connectivity index (χ1) is 12.7. The molecule has 4 nitrogen and oxygen atoms in total. The van der Waals surface area contributed by atoms with Crippen molar-refractivity contribution in [3.63, 3.8) is 0 Å². The predicted molar refractivity (Wildman–Crippen MR) is 104 cm³/mol. The van der Waals surface area contributed by atoms with Gasteiger partial charge in [-0.1, -0.05) is 42.5 Å². The van der Waals surface area contributed by atoms with Gasteiger partial charge in [-0.25, -0.2) is 0 Å². The fraction of sp³-hybridized carbons (Fsp3) is 0.136. The largest absolute Gasteiger partial charge is 0.497 e. The summed E-state index contributed by atoms with van der Waals surface area (Å²) < 4.78 is 10.7. The van der Waals surface area contributed by atoms with Gasteiger partial charge in [0.15, 0.2) is 0 Å². The SMILES string of the molecule is COc1ccc(-c2cc(NC(=O)Cc3ccccc3)ccc2OC)cc1. The van der Waals surface area contributed by atoms with Gasteiger partial charge in [0.05, 0.1) is 20.6 Å². The lowest BCUT2D eigenvalue weighted by Crippen LogP contribution is -2.14. The summed E-state index contributed by atoms with van der Waals surface area (Å²) in [6, 6.07) is 23.0. The highest BCUT2D eigenvalue weighted by Gasteiger charge is 2.10. The molecule has 3 aromatic rings. The van der Waals surface area contributed by atoms with E-state index in [0.717, 1.165) is 33.9 Å². The van der Waals surface area contributed by atoms with Crippen LogP contribution in [0, 0.1) is 0 Å². The van der Waals surface area contributed by atoms with Crippen LogP contribution < -0.4 is 14.8 Å². The van der Waals surface area contributed by atoms with Crippen LogP contribution in [-0.4, -0.2) is 20.1 Å². The molecule has 0 bridgehead atoms. The Labute approximate surface area is 153 Å². The van der Waals surface area contributed by atoms with E-state index in [-0.39, 0.29) is 5.91 Å². The lowest BCUT2D eigenvalue weighted by molar-refractivity contribution is -0.115. The highest BCUT2D eigenvalue weighted by atomic mass is 16.5. The monoisotopic (exact) mass is 347 g/mol. The lowest BCUT2D eigenvalue weighted by atomic mass is 10.0. The molecule has 0 aliphatic rings. The Kier molecular flexibility index (Phi) is 5.54. The van der Waals surface area contributed by atoms with Crippen molar-refractivity contribution in [1.82, 2.24) is 0 Å². The third-order valence-corrected chi connectivity index (χ3v) is 4.09. The molecule has 0 aliphatic carbocycles. The van der Waals surface area contributed by atoms with E-state index in [0.29, 0.717) is 6.42 Å². The minimum atomic E-state index is -0.0537. The summed E-state index contributed by atoms with van der Waals surface area (Å²) in [6.07, 6.45) is 0.338. The standard InChI is InChI=1S/C22H21NO3/c1-25-19-11-8-17(9-12-19)20-15-18(10-13-21(20)26-2)23-22(24)14-16-6-4-3-5-7-16/h3-13,15H,14H2,1-2H3,(H,23,24). The van der Waals surface area contributed by atoms with Crippen LogP contribution in [0.15, 0.2) is 72.8 Å². The van der Waals surface area contributed by atoms with Gasteiger partial charge in [0.25, 0.3) is 0 Å². The smallest absolute Gasteiger partial charge is 0.228 e. The molecule has 0 unspecified atom stereocenters. The summed E-state index contributed by atoms with van der Waals surface area (Å²) in [5, 5.41) is 2.96. The zero-order chi connectivity index (χ0) is 18.4. The maximum Gasteiger partial charge on any atom is 0.228 e. The van der Waals surface area contributed by atoms with Gasteiger partial charge in [-0.15, -0.1) is 0 Å². The molecule has 0 fully saturated rings. The summed E-state index contributed by atoms with van der Waals surface area (Å²) in [6.45, 7) is 0. The summed E-state index contributed by atoms with van der Waals surface area (Å²) in [7, 11) is 3.27. The van der Waals surface area contributed by atoms with Crippen LogP contribution in [0.3, 0.4) is 0 Å². The third kappa shape index (κ3) is 4.22. The van der Waals surface area contributed by atoms with Crippen LogP contribution in [-0.2, 0) is 11.2 Å². The third-order valence-electron chi connectivity index (χ3n) is 4.09. The number of ether oxygens (including phenoxy) is 2. The number of rotatable bonds is 6. The van der Waals surface area contributed by atoms with Crippen molar-refractivity contribution in [1.29, 1.82) is 0 Å². The Hall–Kier alpha value is -3.27. The summed E-state index contributed by atoms with van der Waals surface area (Å²) >= 11 is 0. The maximum absolute atomic E-state index is 12.3. The van der Waals surface area contributed by atoms with Crippen LogP contribution in [0.1, 0.15) is 5.56 Å². The molecule has 0 saturated carbocycles. The van der Waals surface area contributed by atoms with E-state index in [1.165, 1.54) is 0 Å². The highest BCUT2D eigenvalue weighted by Crippen LogP contribution is 2.33. The summed E-state index contributed by atoms with van der Waals surface area (Å²) in [5.41, 5.74) is 3.61. The van der Waals surface area contributed by atoms with E-state index >= 15 is 0 Å². The fourth-order valence-corrected chi connectivity index (χ4v) is 2.77. The molecule has 26 heavy (non-hydrogen) atoms. The van der Waals surface area contributed by atoms with Crippen LogP contribution in [0.2, 0.25) is 0 Å². The number of nitrogens with one attached hydrogen (secondary N) is 1. The molecular formula is C22H21NO3. The first-order valence-corrected chi connectivity index (χ1v) is 8.36. The normalized spacial score (nSPS) is 10.2. The second kappa shape index (κ2) is 8.21. The molecule has 132 valence electrons. The van der Waals surface area contributed by atoms with Gasteiger partial charge in [0.1, 0.15) is 11.5 Å². The van der Waals surface area contributed by atoms with Crippen LogP contribution in [0.4, 0.5) is 5.69 Å². The van der Waals surface area contributed by atoms with E-state index in [2.05, 4.69) is 5.32 Å². The second-order valence-corrected chi connectivity index (χ2v) is 5.85. The molecule has 0 spiro atoms. The maximum atomic E-state index is 12.3. The van der Waals surface area contributed by atoms with Crippen molar-refractivity contribution in [3.05, 3.63) is 78.4 Å². The molecule has 1 N–H and O–H groups in total. The lowest BCUT2D eigenvalue weighted by Gasteiger charge is -2.12. The average Bonchev–Trinajstić information content (AvgIpc) is 2.68. The van der Waals surface area contributed by atoms with Crippen molar-refractivity contribution in [2.75, 3.05) is 19.5 Å². The van der Waals surface area contributed by atoms with E-state index < -0.39 is 0 Å². The highest BCUT2D eigenvalue weighted by molar-refractivity contribution is 5.93. The Morgan fingerprint density at radius 2 is 1.62 bits per heavy atom. The molecule has 0 aromatic heterocycles. The summed E-state index contributed by atoms with van der Waals surface area (Å²) in [5.74, 6) is 1.48. The van der Waals surface area contributed by atoms with Crippen LogP contribution in [0.25, 0.3) is 11.1 Å². The molecule has 4 heteroatoms. The van der Waals surface area contributed by atoms with E-state index in [9.17, 15) is 4.79 Å². The van der Waals surface area contributed by atoms with Gasteiger partial charge < -0.3 is 14.8 Å². The van der Waals surface area contributed by atoms with E-state index in [1.807, 2.05) is 72.8 Å². The van der Waals surface area contributed by atoms with Gasteiger partial charge in [0.2, 0.25) is 5.91 Å². The number of carbonyl (C=O) groups excluding carboxylic acids is 1. The van der Waals surface area contributed by atoms with Crippen molar-refractivity contribution < 1.29 is 14.3 Å². The van der Waals surface area contributed by atoms with Crippen molar-refractivity contribution in [2.24, 2.45) is 0 Å². The minimum absolute atomic E-state index is 0.0537. The Balaban J connectivity index is 1.81. The van der Waals surface area contributed by atoms with Crippen molar-refractivity contribution in [2.45, 2.75) is 6.42 Å². The van der Waals surface area contributed by atoms with E-state index in [1.54, 1.807) is 14.2 Å². The van der Waals surface area contributed by atoms with Gasteiger partial charge in [-0.05, 0) is 41.5 Å². The number of anilines is 1. The summed E-state index contributed by atoms with van der Waals surface area (Å²) in [4.78, 5) is 12.3. The number of hydrogen-bond acceptors (Lipinski definition) is 3. The van der Waals surface area contributed by atoms with E-state index in [4.69, 9.17) is 9.47 Å². The Morgan fingerprint density at radius 1 is 0.885 bits per heavy atom. The molecule has 0 aliphatic heterocycles. The molecule has 0 radical (unpaired) electrons. The Morgan fingerprint density at radius 3 is 2.27 bits per heavy atom. The molecule has 3 aromatic carbocycles. The molecular weight excluding hydrogens is 326 g/mol. The fourth-order valence-electron chi connectivity index (χ4n) is 2.77. The molecule has 0 atom stereocenters.